The average Bonchev–Trinajstić information content (AvgIpc) is 1.73. The molecule has 82 heavy (non-hydrogen) atoms. The van der Waals surface area contributed by atoms with Crippen molar-refractivity contribution in [2.75, 3.05) is 4.90 Å². The fourth-order valence-electron chi connectivity index (χ4n) is 14.9. The van der Waals surface area contributed by atoms with E-state index in [9.17, 15) is 0 Å². The minimum atomic E-state index is -0.500. The van der Waals surface area contributed by atoms with E-state index < -0.39 is 10.8 Å². The van der Waals surface area contributed by atoms with Crippen molar-refractivity contribution in [1.29, 1.82) is 0 Å². The Morgan fingerprint density at radius 2 is 0.634 bits per heavy atom. The molecule has 3 aliphatic rings. The van der Waals surface area contributed by atoms with Crippen LogP contribution in [0.4, 0.5) is 17.1 Å². The van der Waals surface area contributed by atoms with Crippen molar-refractivity contribution in [3.05, 3.63) is 360 Å². The normalized spacial score (nSPS) is 13.6. The average molecular weight is 1040 g/mol. The van der Waals surface area contributed by atoms with E-state index in [0.717, 1.165) is 22.6 Å². The molecule has 0 radical (unpaired) electrons. The molecular formula is C80H52N2. The third-order valence-electron chi connectivity index (χ3n) is 18.3. The highest BCUT2D eigenvalue weighted by molar-refractivity contribution is 6.10. The topological polar surface area (TPSA) is 8.17 Å². The van der Waals surface area contributed by atoms with E-state index in [1.165, 1.54) is 122 Å². The van der Waals surface area contributed by atoms with E-state index in [1.807, 2.05) is 0 Å². The molecule has 1 heterocycles. The quantitative estimate of drug-likeness (QED) is 0.147. The Morgan fingerprint density at radius 1 is 0.232 bits per heavy atom. The molecule has 17 rings (SSSR count). The van der Waals surface area contributed by atoms with E-state index >= 15 is 0 Å². The van der Waals surface area contributed by atoms with Crippen LogP contribution >= 0.6 is 0 Å². The highest BCUT2D eigenvalue weighted by Crippen LogP contribution is 2.64. The highest BCUT2D eigenvalue weighted by atomic mass is 15.1. The van der Waals surface area contributed by atoms with Gasteiger partial charge in [0, 0.05) is 33.5 Å². The molecule has 0 amide bonds. The van der Waals surface area contributed by atoms with E-state index in [0.29, 0.717) is 0 Å². The van der Waals surface area contributed by atoms with Gasteiger partial charge in [0.2, 0.25) is 0 Å². The minimum Gasteiger partial charge on any atom is -0.310 e. The summed E-state index contributed by atoms with van der Waals surface area (Å²) in [6.45, 7) is 0. The molecule has 0 aliphatic heterocycles. The van der Waals surface area contributed by atoms with Gasteiger partial charge >= 0.3 is 0 Å². The summed E-state index contributed by atoms with van der Waals surface area (Å²) in [5, 5.41) is 2.51. The summed E-state index contributed by atoms with van der Waals surface area (Å²) < 4.78 is 2.38. The molecule has 0 atom stereocenters. The Balaban J connectivity index is 0.814. The number of hydrogen-bond donors (Lipinski definition) is 0. The summed E-state index contributed by atoms with van der Waals surface area (Å²) in [6.07, 6.45) is 0. The lowest BCUT2D eigenvalue weighted by atomic mass is 9.68. The number of rotatable bonds is 8. The molecule has 14 aromatic rings. The number of anilines is 3. The van der Waals surface area contributed by atoms with Crippen LogP contribution in [0.2, 0.25) is 0 Å². The largest absolute Gasteiger partial charge is 0.310 e. The van der Waals surface area contributed by atoms with Crippen molar-refractivity contribution in [2.24, 2.45) is 0 Å². The van der Waals surface area contributed by atoms with Crippen molar-refractivity contribution in [1.82, 2.24) is 4.57 Å². The first kappa shape index (κ1) is 46.4. The SMILES string of the molecule is c1ccc(-n2c3ccccc3c3cc(-c4ccc(-c5ccc(N(c6ccc7c(c6)-c6ccccc6C7(c6ccccc6)c6ccccc6)c6ccc7c(c6)C6(c8ccccc8-c8ccccc86)c6ccccc6-7)cc5)cc4)ccc32)cc1. The maximum atomic E-state index is 2.51. The minimum absolute atomic E-state index is 0.481. The molecule has 2 nitrogen and oxygen atoms in total. The van der Waals surface area contributed by atoms with Crippen molar-refractivity contribution in [3.63, 3.8) is 0 Å². The highest BCUT2D eigenvalue weighted by Gasteiger charge is 2.52. The zero-order valence-electron chi connectivity index (χ0n) is 44.9. The third-order valence-corrected chi connectivity index (χ3v) is 18.3. The summed E-state index contributed by atoms with van der Waals surface area (Å²) in [5.74, 6) is 0. The Morgan fingerprint density at radius 3 is 1.23 bits per heavy atom. The van der Waals surface area contributed by atoms with Gasteiger partial charge in [0.15, 0.2) is 0 Å². The van der Waals surface area contributed by atoms with Gasteiger partial charge in [-0.3, -0.25) is 0 Å². The predicted octanol–water partition coefficient (Wildman–Crippen LogP) is 20.3. The maximum absolute atomic E-state index is 2.51. The van der Waals surface area contributed by atoms with Crippen molar-refractivity contribution in [2.45, 2.75) is 10.8 Å². The van der Waals surface area contributed by atoms with Crippen LogP contribution in [0.5, 0.6) is 0 Å². The standard InChI is InChI=1S/C80H52N2/c1-4-20-57(21-5-1)79(58-22-6-2-7-23-58)71-31-15-13-29-66(71)69-51-61(46-48-75(69)79)81(62-45-47-67-65-28-12-18-34-74(65)80(76(67)52-62)72-32-16-10-26-63(72)64-27-11-17-33-73(64)80)60-43-40-54(41-44-60)53-36-38-55(39-37-53)56-42-49-78-70(50-56)68-30-14-19-35-77(68)82(78)59-24-8-3-9-25-59/h1-52H. The maximum Gasteiger partial charge on any atom is 0.0726 e. The second-order valence-electron chi connectivity index (χ2n) is 22.3. The molecule has 13 aromatic carbocycles. The fraction of sp³-hybridized carbons (Fsp3) is 0.0250. The molecular weight excluding hydrogens is 989 g/mol. The number of hydrogen-bond acceptors (Lipinski definition) is 1. The van der Waals surface area contributed by atoms with Gasteiger partial charge in [-0.1, -0.05) is 249 Å². The molecule has 0 N–H and O–H groups in total. The summed E-state index contributed by atoms with van der Waals surface area (Å²) in [7, 11) is 0. The van der Waals surface area contributed by atoms with Crippen LogP contribution in [-0.2, 0) is 10.8 Å². The van der Waals surface area contributed by atoms with Gasteiger partial charge in [-0.2, -0.15) is 0 Å². The van der Waals surface area contributed by atoms with Crippen LogP contribution in [0.25, 0.3) is 83.1 Å². The van der Waals surface area contributed by atoms with Gasteiger partial charge < -0.3 is 9.47 Å². The molecule has 1 aromatic heterocycles. The summed E-state index contributed by atoms with van der Waals surface area (Å²) in [6, 6.07) is 118. The molecule has 2 heteroatoms. The zero-order chi connectivity index (χ0) is 53.9. The Hall–Kier alpha value is -10.5. The van der Waals surface area contributed by atoms with E-state index in [1.54, 1.807) is 0 Å². The molecule has 0 bridgehead atoms. The van der Waals surface area contributed by atoms with Crippen LogP contribution < -0.4 is 4.90 Å². The van der Waals surface area contributed by atoms with E-state index in [4.69, 9.17) is 0 Å². The van der Waals surface area contributed by atoms with Crippen molar-refractivity contribution in [3.8, 4) is 61.3 Å². The van der Waals surface area contributed by atoms with Gasteiger partial charge in [-0.15, -0.1) is 0 Å². The second kappa shape index (κ2) is 18.0. The number of para-hydroxylation sites is 2. The van der Waals surface area contributed by atoms with E-state index in [2.05, 4.69) is 325 Å². The first-order valence-corrected chi connectivity index (χ1v) is 28.6. The molecule has 382 valence electrons. The van der Waals surface area contributed by atoms with E-state index in [-0.39, 0.29) is 0 Å². The van der Waals surface area contributed by atoms with Crippen LogP contribution in [0.15, 0.2) is 315 Å². The molecule has 1 spiro atoms. The van der Waals surface area contributed by atoms with Crippen molar-refractivity contribution < 1.29 is 0 Å². The second-order valence-corrected chi connectivity index (χ2v) is 22.3. The summed E-state index contributed by atoms with van der Waals surface area (Å²) in [5.41, 5.74) is 28.7. The van der Waals surface area contributed by atoms with Gasteiger partial charge in [-0.05, 0) is 167 Å². The van der Waals surface area contributed by atoms with Gasteiger partial charge in [0.1, 0.15) is 0 Å². The monoisotopic (exact) mass is 1040 g/mol. The van der Waals surface area contributed by atoms with Crippen LogP contribution in [0.1, 0.15) is 44.5 Å². The molecule has 0 unspecified atom stereocenters. The molecule has 3 aliphatic carbocycles. The summed E-state index contributed by atoms with van der Waals surface area (Å²) >= 11 is 0. The third kappa shape index (κ3) is 6.52. The van der Waals surface area contributed by atoms with Crippen LogP contribution in [-0.4, -0.2) is 4.57 Å². The number of aromatic nitrogens is 1. The van der Waals surface area contributed by atoms with Crippen LogP contribution in [0.3, 0.4) is 0 Å². The van der Waals surface area contributed by atoms with Crippen LogP contribution in [0, 0.1) is 0 Å². The molecule has 0 saturated heterocycles. The first-order valence-electron chi connectivity index (χ1n) is 28.6. The number of fused-ring (bicyclic) bond motifs is 16. The molecule has 0 saturated carbocycles. The number of benzene rings is 13. The lowest BCUT2D eigenvalue weighted by molar-refractivity contribution is 0.768. The van der Waals surface area contributed by atoms with Gasteiger partial charge in [0.25, 0.3) is 0 Å². The number of nitrogens with zero attached hydrogens (tertiary/aromatic N) is 2. The zero-order valence-corrected chi connectivity index (χ0v) is 44.9. The summed E-state index contributed by atoms with van der Waals surface area (Å²) in [4.78, 5) is 2.50. The predicted molar refractivity (Wildman–Crippen MR) is 340 cm³/mol. The Kier molecular flexibility index (Phi) is 10.2. The molecule has 0 fully saturated rings. The van der Waals surface area contributed by atoms with Gasteiger partial charge in [-0.25, -0.2) is 0 Å². The smallest absolute Gasteiger partial charge is 0.0726 e. The fourth-order valence-corrected chi connectivity index (χ4v) is 14.9. The lowest BCUT2D eigenvalue weighted by Crippen LogP contribution is -2.28. The van der Waals surface area contributed by atoms with Crippen molar-refractivity contribution >= 4 is 38.9 Å². The first-order chi connectivity index (χ1) is 40.7. The van der Waals surface area contributed by atoms with Gasteiger partial charge in [0.05, 0.1) is 21.9 Å². The lowest BCUT2D eigenvalue weighted by Gasteiger charge is -2.34. The Labute approximate surface area is 477 Å². The Bertz CT molecular complexity index is 4740.